The van der Waals surface area contributed by atoms with E-state index in [9.17, 15) is 10.1 Å². The van der Waals surface area contributed by atoms with Crippen molar-refractivity contribution >= 4 is 12.0 Å². The number of hydrogen-bond acceptors (Lipinski definition) is 5. The Morgan fingerprint density at radius 2 is 2.08 bits per heavy atom. The molecule has 2 rings (SSSR count). The third-order valence-corrected chi connectivity index (χ3v) is 3.26. The summed E-state index contributed by atoms with van der Waals surface area (Å²) < 4.78 is 10.4. The van der Waals surface area contributed by atoms with Gasteiger partial charge in [0, 0.05) is 18.9 Å². The lowest BCUT2D eigenvalue weighted by atomic mass is 10.1. The van der Waals surface area contributed by atoms with Gasteiger partial charge in [0.15, 0.2) is 11.5 Å². The first kappa shape index (κ1) is 17.0. The Labute approximate surface area is 140 Å². The van der Waals surface area contributed by atoms with Gasteiger partial charge in [0.2, 0.25) is 0 Å². The van der Waals surface area contributed by atoms with Gasteiger partial charge in [-0.1, -0.05) is 12.1 Å². The maximum Gasteiger partial charge on any atom is 0.262 e. The molecular weight excluding hydrogens is 306 g/mol. The number of hydrogen-bond donors (Lipinski definition) is 1. The maximum absolute atomic E-state index is 12.2. The SMILES string of the molecule is COc1ccc(/C=C(\C#N)C(=O)NCc2cccnc2)cc1OC. The molecule has 0 unspecified atom stereocenters. The van der Waals surface area contributed by atoms with Crippen LogP contribution in [0.3, 0.4) is 0 Å². The van der Waals surface area contributed by atoms with Crippen molar-refractivity contribution in [2.75, 3.05) is 14.2 Å². The number of ether oxygens (including phenoxy) is 2. The molecule has 6 nitrogen and oxygen atoms in total. The van der Waals surface area contributed by atoms with Crippen LogP contribution >= 0.6 is 0 Å². The molecule has 1 aromatic heterocycles. The van der Waals surface area contributed by atoms with Crippen molar-refractivity contribution in [1.82, 2.24) is 10.3 Å². The number of nitriles is 1. The lowest BCUT2D eigenvalue weighted by Crippen LogP contribution is -2.24. The van der Waals surface area contributed by atoms with Crippen molar-refractivity contribution in [3.63, 3.8) is 0 Å². The fourth-order valence-electron chi connectivity index (χ4n) is 2.04. The van der Waals surface area contributed by atoms with E-state index >= 15 is 0 Å². The predicted octanol–water partition coefficient (Wildman–Crippen LogP) is 2.32. The standard InChI is InChI=1S/C18H17N3O3/c1-23-16-6-5-13(9-17(16)24-2)8-15(10-19)18(22)21-12-14-4-3-7-20-11-14/h3-9,11H,12H2,1-2H3,(H,21,22)/b15-8+. The molecule has 1 N–H and O–H groups in total. The van der Waals surface area contributed by atoms with Gasteiger partial charge in [0.05, 0.1) is 14.2 Å². The molecule has 0 radical (unpaired) electrons. The average Bonchev–Trinajstić information content (AvgIpc) is 2.64. The molecule has 0 aliphatic carbocycles. The highest BCUT2D eigenvalue weighted by atomic mass is 16.5. The van der Waals surface area contributed by atoms with Crippen molar-refractivity contribution in [3.05, 3.63) is 59.4 Å². The normalized spacial score (nSPS) is 10.6. The van der Waals surface area contributed by atoms with Crippen molar-refractivity contribution in [2.45, 2.75) is 6.54 Å². The number of benzene rings is 1. The van der Waals surface area contributed by atoms with Crippen LogP contribution in [0.25, 0.3) is 6.08 Å². The topological polar surface area (TPSA) is 84.2 Å². The number of methoxy groups -OCH3 is 2. The second kappa shape index (κ2) is 8.34. The summed E-state index contributed by atoms with van der Waals surface area (Å²) in [6, 6.07) is 10.7. The largest absolute Gasteiger partial charge is 0.493 e. The van der Waals surface area contributed by atoms with Gasteiger partial charge in [0.25, 0.3) is 5.91 Å². The second-order valence-electron chi connectivity index (χ2n) is 4.83. The van der Waals surface area contributed by atoms with Gasteiger partial charge in [-0.2, -0.15) is 5.26 Å². The Balaban J connectivity index is 2.13. The molecule has 1 amide bonds. The summed E-state index contributed by atoms with van der Waals surface area (Å²) in [6.07, 6.45) is 4.81. The summed E-state index contributed by atoms with van der Waals surface area (Å²) in [6.45, 7) is 0.303. The molecule has 6 heteroatoms. The molecule has 1 heterocycles. The summed E-state index contributed by atoms with van der Waals surface area (Å²) in [5.74, 6) is 0.657. The minimum Gasteiger partial charge on any atom is -0.493 e. The van der Waals surface area contributed by atoms with E-state index in [0.29, 0.717) is 23.6 Å². The third kappa shape index (κ3) is 4.34. The first-order chi connectivity index (χ1) is 11.7. The highest BCUT2D eigenvalue weighted by molar-refractivity contribution is 6.01. The molecule has 0 saturated carbocycles. The van der Waals surface area contributed by atoms with Crippen LogP contribution in [0.2, 0.25) is 0 Å². The number of nitrogens with one attached hydrogen (secondary N) is 1. The van der Waals surface area contributed by atoms with Gasteiger partial charge in [0.1, 0.15) is 11.6 Å². The van der Waals surface area contributed by atoms with Crippen LogP contribution < -0.4 is 14.8 Å². The van der Waals surface area contributed by atoms with Gasteiger partial charge in [-0.05, 0) is 35.4 Å². The second-order valence-corrected chi connectivity index (χ2v) is 4.83. The van der Waals surface area contributed by atoms with Crippen molar-refractivity contribution in [3.8, 4) is 17.6 Å². The zero-order valence-electron chi connectivity index (χ0n) is 13.4. The Morgan fingerprint density at radius 1 is 1.29 bits per heavy atom. The molecule has 122 valence electrons. The molecule has 0 bridgehead atoms. The monoisotopic (exact) mass is 323 g/mol. The summed E-state index contributed by atoms with van der Waals surface area (Å²) in [7, 11) is 3.07. The van der Waals surface area contributed by atoms with Crippen molar-refractivity contribution in [2.24, 2.45) is 0 Å². The zero-order chi connectivity index (χ0) is 17.4. The number of carbonyl (C=O) groups is 1. The number of pyridine rings is 1. The number of aromatic nitrogens is 1. The molecule has 2 aromatic rings. The lowest BCUT2D eigenvalue weighted by molar-refractivity contribution is -0.117. The highest BCUT2D eigenvalue weighted by Gasteiger charge is 2.10. The molecule has 24 heavy (non-hydrogen) atoms. The van der Waals surface area contributed by atoms with E-state index in [1.54, 1.807) is 43.8 Å². The molecule has 0 atom stereocenters. The van der Waals surface area contributed by atoms with E-state index < -0.39 is 5.91 Å². The van der Waals surface area contributed by atoms with Crippen molar-refractivity contribution < 1.29 is 14.3 Å². The number of amides is 1. The quantitative estimate of drug-likeness (QED) is 0.651. The highest BCUT2D eigenvalue weighted by Crippen LogP contribution is 2.28. The van der Waals surface area contributed by atoms with Crippen LogP contribution in [-0.4, -0.2) is 25.1 Å². The fraction of sp³-hybridized carbons (Fsp3) is 0.167. The van der Waals surface area contributed by atoms with Crippen LogP contribution in [0.5, 0.6) is 11.5 Å². The number of rotatable bonds is 6. The van der Waals surface area contributed by atoms with E-state index in [2.05, 4.69) is 10.3 Å². The first-order valence-electron chi connectivity index (χ1n) is 7.19. The first-order valence-corrected chi connectivity index (χ1v) is 7.19. The molecular formula is C18H17N3O3. The van der Waals surface area contributed by atoms with Crippen LogP contribution in [0, 0.1) is 11.3 Å². The average molecular weight is 323 g/mol. The Hall–Kier alpha value is -3.33. The van der Waals surface area contributed by atoms with Crippen molar-refractivity contribution in [1.29, 1.82) is 5.26 Å². The third-order valence-electron chi connectivity index (χ3n) is 3.26. The minimum absolute atomic E-state index is 0.00566. The van der Waals surface area contributed by atoms with Gasteiger partial charge in [-0.15, -0.1) is 0 Å². The zero-order valence-corrected chi connectivity index (χ0v) is 13.4. The van der Waals surface area contributed by atoms with Crippen LogP contribution in [0.1, 0.15) is 11.1 Å². The molecule has 0 aliphatic heterocycles. The van der Waals surface area contributed by atoms with Gasteiger partial charge in [-0.25, -0.2) is 0 Å². The van der Waals surface area contributed by atoms with E-state index in [0.717, 1.165) is 5.56 Å². The Bertz CT molecular complexity index is 780. The molecule has 0 spiro atoms. The van der Waals surface area contributed by atoms with E-state index in [4.69, 9.17) is 9.47 Å². The van der Waals surface area contributed by atoms with Gasteiger partial charge < -0.3 is 14.8 Å². The van der Waals surface area contributed by atoms with E-state index in [-0.39, 0.29) is 5.57 Å². The number of nitrogens with zero attached hydrogens (tertiary/aromatic N) is 2. The summed E-state index contributed by atoms with van der Waals surface area (Å²) in [5, 5.41) is 11.9. The van der Waals surface area contributed by atoms with E-state index in [1.807, 2.05) is 12.1 Å². The smallest absolute Gasteiger partial charge is 0.262 e. The van der Waals surface area contributed by atoms with Crippen LogP contribution in [0.15, 0.2) is 48.3 Å². The molecule has 0 saturated heterocycles. The van der Waals surface area contributed by atoms with Gasteiger partial charge >= 0.3 is 0 Å². The lowest BCUT2D eigenvalue weighted by Gasteiger charge is -2.08. The summed E-state index contributed by atoms with van der Waals surface area (Å²) in [5.41, 5.74) is 1.53. The van der Waals surface area contributed by atoms with Gasteiger partial charge in [-0.3, -0.25) is 9.78 Å². The Kier molecular flexibility index (Phi) is 5.92. The summed E-state index contributed by atoms with van der Waals surface area (Å²) >= 11 is 0. The maximum atomic E-state index is 12.2. The number of carbonyl (C=O) groups excluding carboxylic acids is 1. The molecule has 1 aromatic carbocycles. The minimum atomic E-state index is -0.448. The van der Waals surface area contributed by atoms with E-state index in [1.165, 1.54) is 13.2 Å². The Morgan fingerprint density at radius 3 is 2.71 bits per heavy atom. The predicted molar refractivity (Wildman–Crippen MR) is 89.2 cm³/mol. The molecule has 0 aliphatic rings. The van der Waals surface area contributed by atoms with Crippen LogP contribution in [-0.2, 0) is 11.3 Å². The fourth-order valence-corrected chi connectivity index (χ4v) is 2.04. The van der Waals surface area contributed by atoms with Crippen LogP contribution in [0.4, 0.5) is 0 Å². The molecule has 0 fully saturated rings. The summed E-state index contributed by atoms with van der Waals surface area (Å²) in [4.78, 5) is 16.1.